The molecule has 1 aliphatic heterocycles. The Bertz CT molecular complexity index is 285. The third-order valence-corrected chi connectivity index (χ3v) is 3.69. The Labute approximate surface area is 77.3 Å². The summed E-state index contributed by atoms with van der Waals surface area (Å²) < 4.78 is 22.0. The second-order valence-corrected chi connectivity index (χ2v) is 5.23. The van der Waals surface area contributed by atoms with E-state index in [-0.39, 0.29) is 17.4 Å². The molecular weight excluding hydrogens is 194 g/mol. The molecule has 13 heavy (non-hydrogen) atoms. The Morgan fingerprint density at radius 3 is 2.77 bits per heavy atom. The Morgan fingerprint density at radius 2 is 2.31 bits per heavy atom. The lowest BCUT2D eigenvalue weighted by Crippen LogP contribution is -2.31. The van der Waals surface area contributed by atoms with Crippen molar-refractivity contribution < 1.29 is 18.0 Å². The molecule has 1 aliphatic rings. The standard InChI is InChI=1S/C7H13NO4S/c1-2-12-8-7(9)6-3-4-13(10,11)5-6/h6H,2-5H2,1H3,(H,8,9). The highest BCUT2D eigenvalue weighted by Crippen LogP contribution is 2.18. The molecule has 76 valence electrons. The van der Waals surface area contributed by atoms with Crippen LogP contribution in [0.3, 0.4) is 0 Å². The Kier molecular flexibility index (Phi) is 3.27. The quantitative estimate of drug-likeness (QED) is 0.632. The van der Waals surface area contributed by atoms with Crippen LogP contribution < -0.4 is 5.48 Å². The van der Waals surface area contributed by atoms with Gasteiger partial charge >= 0.3 is 0 Å². The second kappa shape index (κ2) is 4.06. The lowest BCUT2D eigenvalue weighted by Gasteiger charge is -2.07. The molecule has 0 aliphatic carbocycles. The van der Waals surface area contributed by atoms with Crippen molar-refractivity contribution in [1.82, 2.24) is 5.48 Å². The first-order valence-corrected chi connectivity index (χ1v) is 5.99. The molecule has 0 aromatic heterocycles. The van der Waals surface area contributed by atoms with Gasteiger partial charge in [-0.15, -0.1) is 0 Å². The van der Waals surface area contributed by atoms with Crippen molar-refractivity contribution in [3.05, 3.63) is 0 Å². The number of nitrogens with one attached hydrogen (secondary N) is 1. The molecule has 1 atom stereocenters. The summed E-state index contributed by atoms with van der Waals surface area (Å²) >= 11 is 0. The summed E-state index contributed by atoms with van der Waals surface area (Å²) in [7, 11) is -2.98. The highest BCUT2D eigenvalue weighted by Gasteiger charge is 2.32. The average Bonchev–Trinajstić information content (AvgIpc) is 2.42. The number of hydrogen-bond donors (Lipinski definition) is 1. The normalized spacial score (nSPS) is 25.8. The maximum atomic E-state index is 11.2. The molecule has 0 bridgehead atoms. The van der Waals surface area contributed by atoms with Gasteiger partial charge in [0.15, 0.2) is 9.84 Å². The maximum absolute atomic E-state index is 11.2. The van der Waals surface area contributed by atoms with Crippen molar-refractivity contribution in [2.24, 2.45) is 5.92 Å². The van der Waals surface area contributed by atoms with Gasteiger partial charge in [-0.2, -0.15) is 0 Å². The van der Waals surface area contributed by atoms with Gasteiger partial charge in [0.25, 0.3) is 0 Å². The van der Waals surface area contributed by atoms with E-state index in [0.717, 1.165) is 0 Å². The van der Waals surface area contributed by atoms with Crippen LogP contribution in [0.2, 0.25) is 0 Å². The van der Waals surface area contributed by atoms with Gasteiger partial charge in [0, 0.05) is 0 Å². The Balaban J connectivity index is 2.42. The van der Waals surface area contributed by atoms with E-state index < -0.39 is 15.8 Å². The van der Waals surface area contributed by atoms with Gasteiger partial charge < -0.3 is 0 Å². The van der Waals surface area contributed by atoms with Crippen molar-refractivity contribution in [3.63, 3.8) is 0 Å². The van der Waals surface area contributed by atoms with E-state index in [4.69, 9.17) is 0 Å². The molecule has 0 saturated carbocycles. The predicted octanol–water partition coefficient (Wildman–Crippen LogP) is -0.511. The minimum absolute atomic E-state index is 0.0497. The van der Waals surface area contributed by atoms with Gasteiger partial charge in [0.1, 0.15) is 0 Å². The summed E-state index contributed by atoms with van der Waals surface area (Å²) in [6, 6.07) is 0. The fourth-order valence-electron chi connectivity index (χ4n) is 1.23. The first-order chi connectivity index (χ1) is 6.05. The summed E-state index contributed by atoms with van der Waals surface area (Å²) in [6.45, 7) is 2.12. The minimum atomic E-state index is -2.98. The van der Waals surface area contributed by atoms with Gasteiger partial charge in [-0.05, 0) is 13.3 Å². The molecule has 1 rings (SSSR count). The van der Waals surface area contributed by atoms with Gasteiger partial charge in [0.05, 0.1) is 24.0 Å². The zero-order valence-corrected chi connectivity index (χ0v) is 8.26. The molecule has 1 heterocycles. The summed E-state index contributed by atoms with van der Waals surface area (Å²) in [5.41, 5.74) is 2.21. The number of amides is 1. The van der Waals surface area contributed by atoms with E-state index in [1.165, 1.54) is 0 Å². The number of carbonyl (C=O) groups excluding carboxylic acids is 1. The molecule has 1 saturated heterocycles. The van der Waals surface area contributed by atoms with Crippen LogP contribution in [0.15, 0.2) is 0 Å². The van der Waals surface area contributed by atoms with E-state index >= 15 is 0 Å². The predicted molar refractivity (Wildman–Crippen MR) is 46.5 cm³/mol. The van der Waals surface area contributed by atoms with Crippen molar-refractivity contribution in [1.29, 1.82) is 0 Å². The molecule has 0 radical (unpaired) electrons. The monoisotopic (exact) mass is 207 g/mol. The van der Waals surface area contributed by atoms with Crippen LogP contribution in [0.25, 0.3) is 0 Å². The number of hydrogen-bond acceptors (Lipinski definition) is 4. The molecule has 1 N–H and O–H groups in total. The van der Waals surface area contributed by atoms with Crippen molar-refractivity contribution >= 4 is 15.7 Å². The molecule has 1 unspecified atom stereocenters. The molecule has 1 fully saturated rings. The molecule has 0 aromatic rings. The van der Waals surface area contributed by atoms with Gasteiger partial charge in [-0.3, -0.25) is 9.63 Å². The third-order valence-electron chi connectivity index (χ3n) is 1.92. The smallest absolute Gasteiger partial charge is 0.247 e. The number of hydroxylamine groups is 1. The first-order valence-electron chi connectivity index (χ1n) is 4.17. The summed E-state index contributed by atoms with van der Waals surface area (Å²) in [6.07, 6.45) is 0.404. The van der Waals surface area contributed by atoms with Crippen LogP contribution in [0, 0.1) is 5.92 Å². The first kappa shape index (κ1) is 10.5. The Hall–Kier alpha value is -0.620. The van der Waals surface area contributed by atoms with Crippen LogP contribution in [0.5, 0.6) is 0 Å². The van der Waals surface area contributed by atoms with Crippen LogP contribution in [0.1, 0.15) is 13.3 Å². The second-order valence-electron chi connectivity index (χ2n) is 3.00. The van der Waals surface area contributed by atoms with Crippen molar-refractivity contribution in [2.45, 2.75) is 13.3 Å². The van der Waals surface area contributed by atoms with Gasteiger partial charge in [-0.25, -0.2) is 13.9 Å². The summed E-state index contributed by atoms with van der Waals surface area (Å²) in [5, 5.41) is 0. The highest BCUT2D eigenvalue weighted by atomic mass is 32.2. The molecule has 6 heteroatoms. The fourth-order valence-corrected chi connectivity index (χ4v) is 2.97. The number of carbonyl (C=O) groups is 1. The highest BCUT2D eigenvalue weighted by molar-refractivity contribution is 7.91. The third kappa shape index (κ3) is 2.96. The Morgan fingerprint density at radius 1 is 1.62 bits per heavy atom. The largest absolute Gasteiger partial charge is 0.274 e. The molecule has 0 spiro atoms. The van der Waals surface area contributed by atoms with Crippen LogP contribution in [0.4, 0.5) is 0 Å². The van der Waals surface area contributed by atoms with Crippen molar-refractivity contribution in [3.8, 4) is 0 Å². The SMILES string of the molecule is CCONC(=O)C1CCS(=O)(=O)C1. The van der Waals surface area contributed by atoms with E-state index in [2.05, 4.69) is 10.3 Å². The van der Waals surface area contributed by atoms with Gasteiger partial charge in [-0.1, -0.05) is 0 Å². The molecule has 1 amide bonds. The molecule has 0 aromatic carbocycles. The van der Waals surface area contributed by atoms with Crippen molar-refractivity contribution in [2.75, 3.05) is 18.1 Å². The molecular formula is C7H13NO4S. The lowest BCUT2D eigenvalue weighted by molar-refractivity contribution is -0.136. The topological polar surface area (TPSA) is 72.5 Å². The summed E-state index contributed by atoms with van der Waals surface area (Å²) in [5.74, 6) is -0.706. The zero-order valence-electron chi connectivity index (χ0n) is 7.45. The van der Waals surface area contributed by atoms with E-state index in [0.29, 0.717) is 13.0 Å². The van der Waals surface area contributed by atoms with E-state index in [1.807, 2.05) is 0 Å². The van der Waals surface area contributed by atoms with Crippen LogP contribution in [-0.4, -0.2) is 32.4 Å². The minimum Gasteiger partial charge on any atom is -0.274 e. The zero-order chi connectivity index (χ0) is 9.90. The van der Waals surface area contributed by atoms with Gasteiger partial charge in [0.2, 0.25) is 5.91 Å². The lowest BCUT2D eigenvalue weighted by atomic mass is 10.1. The number of rotatable bonds is 3. The summed E-state index contributed by atoms with van der Waals surface area (Å²) in [4.78, 5) is 15.9. The van der Waals surface area contributed by atoms with E-state index in [9.17, 15) is 13.2 Å². The molecule has 5 nitrogen and oxygen atoms in total. The van der Waals surface area contributed by atoms with E-state index in [1.54, 1.807) is 6.92 Å². The van der Waals surface area contributed by atoms with Crippen LogP contribution >= 0.6 is 0 Å². The number of sulfone groups is 1. The fraction of sp³-hybridized carbons (Fsp3) is 0.857. The van der Waals surface area contributed by atoms with Crippen LogP contribution in [-0.2, 0) is 19.5 Å². The average molecular weight is 207 g/mol. The maximum Gasteiger partial charge on any atom is 0.247 e.